The third kappa shape index (κ3) is 2.68. The molecule has 1 aromatic carbocycles. The van der Waals surface area contributed by atoms with Crippen LogP contribution in [0.2, 0.25) is 0 Å². The summed E-state index contributed by atoms with van der Waals surface area (Å²) in [4.78, 5) is 9.69. The number of nitrogens with one attached hydrogen (secondary N) is 2. The SMILES string of the molecule is Cc1ccccc1C(C)Nc1nc(NN)nc2sccc12. The Morgan fingerprint density at radius 2 is 2.00 bits per heavy atom. The van der Waals surface area contributed by atoms with Crippen LogP contribution in [0.3, 0.4) is 0 Å². The van der Waals surface area contributed by atoms with Gasteiger partial charge in [0.25, 0.3) is 0 Å². The molecule has 0 amide bonds. The van der Waals surface area contributed by atoms with E-state index in [1.165, 1.54) is 11.1 Å². The normalized spacial score (nSPS) is 12.3. The number of rotatable bonds is 4. The number of anilines is 2. The molecule has 1 atom stereocenters. The summed E-state index contributed by atoms with van der Waals surface area (Å²) in [6.07, 6.45) is 0. The molecule has 3 rings (SSSR count). The van der Waals surface area contributed by atoms with E-state index in [9.17, 15) is 0 Å². The summed E-state index contributed by atoms with van der Waals surface area (Å²) in [5.74, 6) is 6.66. The molecule has 108 valence electrons. The molecule has 0 saturated carbocycles. The van der Waals surface area contributed by atoms with Crippen molar-refractivity contribution < 1.29 is 0 Å². The quantitative estimate of drug-likeness (QED) is 0.508. The lowest BCUT2D eigenvalue weighted by Gasteiger charge is -2.18. The number of benzene rings is 1. The van der Waals surface area contributed by atoms with Gasteiger partial charge in [-0.3, -0.25) is 5.43 Å². The highest BCUT2D eigenvalue weighted by Gasteiger charge is 2.13. The highest BCUT2D eigenvalue weighted by atomic mass is 32.1. The fourth-order valence-electron chi connectivity index (χ4n) is 2.39. The number of hydrogen-bond donors (Lipinski definition) is 3. The number of fused-ring (bicyclic) bond motifs is 1. The third-order valence-corrected chi connectivity index (χ3v) is 4.27. The van der Waals surface area contributed by atoms with Crippen LogP contribution in [0.4, 0.5) is 11.8 Å². The summed E-state index contributed by atoms with van der Waals surface area (Å²) in [5.41, 5.74) is 5.02. The average Bonchev–Trinajstić information content (AvgIpc) is 2.96. The summed E-state index contributed by atoms with van der Waals surface area (Å²) >= 11 is 1.57. The highest BCUT2D eigenvalue weighted by Crippen LogP contribution is 2.29. The van der Waals surface area contributed by atoms with Crippen LogP contribution in [0.1, 0.15) is 24.1 Å². The van der Waals surface area contributed by atoms with Gasteiger partial charge in [-0.1, -0.05) is 24.3 Å². The van der Waals surface area contributed by atoms with Crippen molar-refractivity contribution in [2.75, 3.05) is 10.7 Å². The van der Waals surface area contributed by atoms with E-state index in [0.717, 1.165) is 16.0 Å². The summed E-state index contributed by atoms with van der Waals surface area (Å²) in [5, 5.41) is 6.48. The number of nitrogens with zero attached hydrogens (tertiary/aromatic N) is 2. The molecule has 0 aliphatic rings. The van der Waals surface area contributed by atoms with E-state index in [1.54, 1.807) is 11.3 Å². The second-order valence-electron chi connectivity index (χ2n) is 4.90. The molecular weight excluding hydrogens is 282 g/mol. The first-order valence-corrected chi connectivity index (χ1v) is 7.61. The molecule has 5 nitrogen and oxygen atoms in total. The van der Waals surface area contributed by atoms with Crippen molar-refractivity contribution >= 4 is 33.3 Å². The Labute approximate surface area is 127 Å². The van der Waals surface area contributed by atoms with Crippen molar-refractivity contribution in [1.82, 2.24) is 9.97 Å². The van der Waals surface area contributed by atoms with Gasteiger partial charge in [-0.15, -0.1) is 11.3 Å². The van der Waals surface area contributed by atoms with Crippen molar-refractivity contribution in [3.05, 3.63) is 46.8 Å². The maximum absolute atomic E-state index is 5.45. The van der Waals surface area contributed by atoms with Crippen molar-refractivity contribution in [3.8, 4) is 0 Å². The minimum Gasteiger partial charge on any atom is -0.363 e. The zero-order valence-electron chi connectivity index (χ0n) is 11.9. The molecule has 2 aromatic heterocycles. The number of aryl methyl sites for hydroxylation is 1. The molecule has 0 bridgehead atoms. The Hall–Kier alpha value is -2.18. The lowest BCUT2D eigenvalue weighted by Crippen LogP contribution is -2.14. The van der Waals surface area contributed by atoms with Gasteiger partial charge in [0.15, 0.2) is 0 Å². The summed E-state index contributed by atoms with van der Waals surface area (Å²) in [7, 11) is 0. The van der Waals surface area contributed by atoms with Gasteiger partial charge in [-0.25, -0.2) is 10.8 Å². The molecule has 6 heteroatoms. The van der Waals surface area contributed by atoms with Crippen molar-refractivity contribution in [3.63, 3.8) is 0 Å². The minimum atomic E-state index is 0.148. The summed E-state index contributed by atoms with van der Waals surface area (Å²) in [6, 6.07) is 10.5. The molecule has 0 spiro atoms. The van der Waals surface area contributed by atoms with E-state index in [4.69, 9.17) is 5.84 Å². The van der Waals surface area contributed by atoms with E-state index in [0.29, 0.717) is 5.95 Å². The molecule has 0 fully saturated rings. The zero-order valence-corrected chi connectivity index (χ0v) is 12.7. The minimum absolute atomic E-state index is 0.148. The molecule has 0 aliphatic carbocycles. The first kappa shape index (κ1) is 13.8. The molecule has 2 heterocycles. The van der Waals surface area contributed by atoms with Crippen molar-refractivity contribution in [2.24, 2.45) is 5.84 Å². The number of nitrogens with two attached hydrogens (primary N) is 1. The number of hydrazine groups is 1. The Morgan fingerprint density at radius 1 is 1.19 bits per heavy atom. The van der Waals surface area contributed by atoms with Gasteiger partial charge in [0, 0.05) is 0 Å². The molecule has 21 heavy (non-hydrogen) atoms. The van der Waals surface area contributed by atoms with E-state index >= 15 is 0 Å². The van der Waals surface area contributed by atoms with Gasteiger partial charge in [0.2, 0.25) is 5.95 Å². The number of aromatic nitrogens is 2. The Bertz CT molecular complexity index is 768. The molecule has 0 aliphatic heterocycles. The Balaban J connectivity index is 1.97. The standard InChI is InChI=1S/C15H17N5S/c1-9-5-3-4-6-11(9)10(2)17-13-12-7-8-21-14(12)19-15(18-13)20-16/h3-8,10H,16H2,1-2H3,(H2,17,18,19,20). The van der Waals surface area contributed by atoms with Crippen LogP contribution in [0.15, 0.2) is 35.7 Å². The maximum atomic E-state index is 5.45. The predicted octanol–water partition coefficient (Wildman–Crippen LogP) is 3.46. The van der Waals surface area contributed by atoms with Gasteiger partial charge in [-0.2, -0.15) is 4.98 Å². The highest BCUT2D eigenvalue weighted by molar-refractivity contribution is 7.16. The molecule has 1 unspecified atom stereocenters. The molecule has 4 N–H and O–H groups in total. The van der Waals surface area contributed by atoms with Crippen LogP contribution in [-0.4, -0.2) is 9.97 Å². The Kier molecular flexibility index (Phi) is 3.72. The lowest BCUT2D eigenvalue weighted by atomic mass is 10.0. The van der Waals surface area contributed by atoms with E-state index in [-0.39, 0.29) is 6.04 Å². The van der Waals surface area contributed by atoms with E-state index in [1.807, 2.05) is 23.6 Å². The molecule has 0 saturated heterocycles. The number of thiophene rings is 1. The topological polar surface area (TPSA) is 75.9 Å². The van der Waals surface area contributed by atoms with Gasteiger partial charge in [0.1, 0.15) is 10.6 Å². The van der Waals surface area contributed by atoms with Crippen molar-refractivity contribution in [1.29, 1.82) is 0 Å². The van der Waals surface area contributed by atoms with Crippen LogP contribution in [-0.2, 0) is 0 Å². The van der Waals surface area contributed by atoms with E-state index in [2.05, 4.69) is 46.7 Å². The number of hydrogen-bond acceptors (Lipinski definition) is 6. The maximum Gasteiger partial charge on any atom is 0.240 e. The van der Waals surface area contributed by atoms with Gasteiger partial charge < -0.3 is 5.32 Å². The summed E-state index contributed by atoms with van der Waals surface area (Å²) < 4.78 is 0. The van der Waals surface area contributed by atoms with Crippen LogP contribution in [0.5, 0.6) is 0 Å². The molecular formula is C15H17N5S. The lowest BCUT2D eigenvalue weighted by molar-refractivity contribution is 0.866. The van der Waals surface area contributed by atoms with Gasteiger partial charge in [0.05, 0.1) is 11.4 Å². The monoisotopic (exact) mass is 299 g/mol. The first-order chi connectivity index (χ1) is 10.2. The first-order valence-electron chi connectivity index (χ1n) is 6.73. The van der Waals surface area contributed by atoms with Crippen LogP contribution < -0.4 is 16.6 Å². The van der Waals surface area contributed by atoms with Gasteiger partial charge >= 0.3 is 0 Å². The second kappa shape index (κ2) is 5.67. The second-order valence-corrected chi connectivity index (χ2v) is 5.80. The smallest absolute Gasteiger partial charge is 0.240 e. The van der Waals surface area contributed by atoms with Crippen molar-refractivity contribution in [2.45, 2.75) is 19.9 Å². The third-order valence-electron chi connectivity index (χ3n) is 3.46. The summed E-state index contributed by atoms with van der Waals surface area (Å²) in [6.45, 7) is 4.23. The largest absolute Gasteiger partial charge is 0.363 e. The van der Waals surface area contributed by atoms with E-state index < -0.39 is 0 Å². The van der Waals surface area contributed by atoms with Crippen LogP contribution in [0, 0.1) is 6.92 Å². The predicted molar refractivity (Wildman–Crippen MR) is 88.4 cm³/mol. The van der Waals surface area contributed by atoms with Crippen LogP contribution in [0.25, 0.3) is 10.2 Å². The zero-order chi connectivity index (χ0) is 14.8. The fraction of sp³-hybridized carbons (Fsp3) is 0.200. The van der Waals surface area contributed by atoms with Crippen LogP contribution >= 0.6 is 11.3 Å². The molecule has 3 aromatic rings. The number of nitrogen functional groups attached to an aromatic ring is 1. The fourth-order valence-corrected chi connectivity index (χ4v) is 3.15. The van der Waals surface area contributed by atoms with Gasteiger partial charge in [-0.05, 0) is 36.4 Å². The molecule has 0 radical (unpaired) electrons. The average molecular weight is 299 g/mol. The Morgan fingerprint density at radius 3 is 2.76 bits per heavy atom.